The molecule has 0 nitrogen and oxygen atoms in total. The van der Waals surface area contributed by atoms with Crippen molar-refractivity contribution in [3.8, 4) is 0 Å². The molecule has 0 spiro atoms. The zero-order valence-electron chi connectivity index (χ0n) is 10.3. The molecule has 17 heavy (non-hydrogen) atoms. The van der Waals surface area contributed by atoms with Gasteiger partial charge in [0.2, 0.25) is 0 Å². The summed E-state index contributed by atoms with van der Waals surface area (Å²) in [6, 6.07) is 10.9. The van der Waals surface area contributed by atoms with Crippen LogP contribution in [0.5, 0.6) is 0 Å². The van der Waals surface area contributed by atoms with Gasteiger partial charge in [0.25, 0.3) is 0 Å². The standard InChI is InChI=1S/C17H18/c1-13-11-15-9-5-6-10-16(17(15)12-13)14-7-3-2-4-8-14/h2-9,13,16-17H,10,12H2,1H3. The van der Waals surface area contributed by atoms with Gasteiger partial charge in [-0.2, -0.15) is 0 Å². The van der Waals surface area contributed by atoms with Crippen LogP contribution in [0.2, 0.25) is 0 Å². The molecule has 1 aromatic carbocycles. The normalized spacial score (nSPS) is 31.8. The Morgan fingerprint density at radius 2 is 1.94 bits per heavy atom. The highest BCUT2D eigenvalue weighted by Gasteiger charge is 2.33. The summed E-state index contributed by atoms with van der Waals surface area (Å²) >= 11 is 0. The molecule has 0 heterocycles. The molecule has 1 aromatic rings. The molecule has 0 amide bonds. The van der Waals surface area contributed by atoms with Crippen LogP contribution in [0, 0.1) is 18.3 Å². The summed E-state index contributed by atoms with van der Waals surface area (Å²) in [4.78, 5) is 0. The van der Waals surface area contributed by atoms with Gasteiger partial charge in [0.05, 0.1) is 0 Å². The van der Waals surface area contributed by atoms with Gasteiger partial charge in [-0.1, -0.05) is 61.1 Å². The molecule has 0 aromatic heterocycles. The van der Waals surface area contributed by atoms with Gasteiger partial charge in [-0.15, -0.1) is 0 Å². The summed E-state index contributed by atoms with van der Waals surface area (Å²) in [5.41, 5.74) is 2.91. The quantitative estimate of drug-likeness (QED) is 0.661. The molecule has 2 aliphatic rings. The minimum atomic E-state index is 0.615. The van der Waals surface area contributed by atoms with Gasteiger partial charge >= 0.3 is 0 Å². The van der Waals surface area contributed by atoms with E-state index in [9.17, 15) is 0 Å². The maximum atomic E-state index is 3.61. The Morgan fingerprint density at radius 3 is 2.76 bits per heavy atom. The molecule has 0 aliphatic heterocycles. The second-order valence-corrected chi connectivity index (χ2v) is 5.19. The predicted molar refractivity (Wildman–Crippen MR) is 71.5 cm³/mol. The number of benzene rings is 1. The van der Waals surface area contributed by atoms with Crippen molar-refractivity contribution in [3.63, 3.8) is 0 Å². The summed E-state index contributed by atoms with van der Waals surface area (Å²) in [6.07, 6.45) is 12.8. The van der Waals surface area contributed by atoms with E-state index in [1.54, 1.807) is 0 Å². The summed E-state index contributed by atoms with van der Waals surface area (Å²) in [6.45, 7) is 2.28. The summed E-state index contributed by atoms with van der Waals surface area (Å²) < 4.78 is 0. The van der Waals surface area contributed by atoms with E-state index in [0.29, 0.717) is 17.8 Å². The van der Waals surface area contributed by atoms with E-state index in [0.717, 1.165) is 6.42 Å². The van der Waals surface area contributed by atoms with Crippen LogP contribution in [-0.4, -0.2) is 0 Å². The third-order valence-corrected chi connectivity index (χ3v) is 3.94. The van der Waals surface area contributed by atoms with Crippen molar-refractivity contribution in [2.24, 2.45) is 11.8 Å². The Hall–Kier alpha value is -1.30. The van der Waals surface area contributed by atoms with E-state index in [1.807, 2.05) is 0 Å². The Labute approximate surface area is 104 Å². The minimum absolute atomic E-state index is 0.615. The number of fused-ring (bicyclic) bond motifs is 1. The summed E-state index contributed by atoms with van der Waals surface area (Å²) in [7, 11) is 0. The van der Waals surface area contributed by atoms with E-state index in [4.69, 9.17) is 0 Å². The number of rotatable bonds is 1. The molecule has 86 valence electrons. The molecule has 0 N–H and O–H groups in total. The fourth-order valence-electron chi connectivity index (χ4n) is 3.14. The lowest BCUT2D eigenvalue weighted by atomic mass is 9.81. The molecular weight excluding hydrogens is 204 g/mol. The van der Waals surface area contributed by atoms with E-state index in [1.165, 1.54) is 17.6 Å². The van der Waals surface area contributed by atoms with Gasteiger partial charge in [-0.3, -0.25) is 0 Å². The van der Waals surface area contributed by atoms with Crippen LogP contribution in [0.25, 0.3) is 0 Å². The maximum Gasteiger partial charge on any atom is 0.0154 e. The fraction of sp³-hybridized carbons (Fsp3) is 0.353. The number of hydrogen-bond acceptors (Lipinski definition) is 0. The Balaban J connectivity index is 1.94. The Morgan fingerprint density at radius 1 is 1.12 bits per heavy atom. The molecule has 3 unspecified atom stereocenters. The van der Waals surface area contributed by atoms with Gasteiger partial charge in [0.15, 0.2) is 0 Å². The lowest BCUT2D eigenvalue weighted by Gasteiger charge is -2.23. The van der Waals surface area contributed by atoms with Crippen molar-refractivity contribution in [2.45, 2.75) is 25.7 Å². The van der Waals surface area contributed by atoms with Crippen LogP contribution in [0.1, 0.15) is 31.2 Å². The number of hydrogen-bond donors (Lipinski definition) is 0. The van der Waals surface area contributed by atoms with Crippen molar-refractivity contribution in [3.05, 3.63) is 66.1 Å². The average Bonchev–Trinajstić information content (AvgIpc) is 2.61. The van der Waals surface area contributed by atoms with Crippen molar-refractivity contribution in [1.29, 1.82) is 0 Å². The first kappa shape index (κ1) is 10.8. The first-order chi connectivity index (χ1) is 8.34. The second-order valence-electron chi connectivity index (χ2n) is 5.19. The van der Waals surface area contributed by atoms with Crippen molar-refractivity contribution >= 4 is 0 Å². The lowest BCUT2D eigenvalue weighted by molar-refractivity contribution is 0.463. The van der Waals surface area contributed by atoms with Crippen molar-refractivity contribution < 1.29 is 0 Å². The first-order valence-corrected chi connectivity index (χ1v) is 6.53. The molecule has 1 saturated carbocycles. The fourth-order valence-corrected chi connectivity index (χ4v) is 3.14. The van der Waals surface area contributed by atoms with Gasteiger partial charge in [-0.05, 0) is 36.2 Å². The third kappa shape index (κ3) is 2.09. The first-order valence-electron chi connectivity index (χ1n) is 6.53. The zero-order chi connectivity index (χ0) is 11.7. The van der Waals surface area contributed by atoms with Crippen LogP contribution in [0.15, 0.2) is 54.1 Å². The molecule has 0 saturated heterocycles. The van der Waals surface area contributed by atoms with Crippen molar-refractivity contribution in [1.82, 2.24) is 0 Å². The second kappa shape index (κ2) is 4.52. The molecule has 3 rings (SSSR count). The topological polar surface area (TPSA) is 0 Å². The maximum absolute atomic E-state index is 3.61. The largest absolute Gasteiger partial charge is 0.0839 e. The molecule has 1 fully saturated rings. The van der Waals surface area contributed by atoms with Gasteiger partial charge in [0.1, 0.15) is 0 Å². The van der Waals surface area contributed by atoms with E-state index >= 15 is 0 Å². The molecule has 2 radical (unpaired) electrons. The summed E-state index contributed by atoms with van der Waals surface area (Å²) in [5, 5.41) is 0. The van der Waals surface area contributed by atoms with Gasteiger partial charge < -0.3 is 0 Å². The molecule has 0 bridgehead atoms. The van der Waals surface area contributed by atoms with Crippen LogP contribution in [-0.2, 0) is 0 Å². The van der Waals surface area contributed by atoms with Gasteiger partial charge in [0, 0.05) is 6.42 Å². The smallest absolute Gasteiger partial charge is 0.0154 e. The highest BCUT2D eigenvalue weighted by atomic mass is 14.4. The Kier molecular flexibility index (Phi) is 2.88. The number of allylic oxidation sites excluding steroid dienone is 4. The summed E-state index contributed by atoms with van der Waals surface area (Å²) in [5.74, 6) is 1.92. The Bertz CT molecular complexity index is 438. The van der Waals surface area contributed by atoms with Crippen LogP contribution in [0.4, 0.5) is 0 Å². The molecular formula is C17H18. The predicted octanol–water partition coefficient (Wildman–Crippen LogP) is 4.39. The third-order valence-electron chi connectivity index (χ3n) is 3.94. The molecule has 2 aliphatic carbocycles. The SMILES string of the molecule is CC1[C]C2=CC=CCC(c3ccccc3)C2C1. The van der Waals surface area contributed by atoms with E-state index in [2.05, 4.69) is 61.9 Å². The molecule has 3 atom stereocenters. The van der Waals surface area contributed by atoms with Crippen LogP contribution in [0.3, 0.4) is 0 Å². The highest BCUT2D eigenvalue weighted by Crippen LogP contribution is 2.46. The average molecular weight is 222 g/mol. The van der Waals surface area contributed by atoms with Gasteiger partial charge in [-0.25, -0.2) is 0 Å². The lowest BCUT2D eigenvalue weighted by Crippen LogP contribution is -2.10. The van der Waals surface area contributed by atoms with Crippen molar-refractivity contribution in [2.75, 3.05) is 0 Å². The highest BCUT2D eigenvalue weighted by molar-refractivity contribution is 5.36. The minimum Gasteiger partial charge on any atom is -0.0839 e. The van der Waals surface area contributed by atoms with E-state index in [-0.39, 0.29) is 0 Å². The molecule has 0 heteroatoms. The van der Waals surface area contributed by atoms with Crippen LogP contribution < -0.4 is 0 Å². The monoisotopic (exact) mass is 222 g/mol. The van der Waals surface area contributed by atoms with E-state index < -0.39 is 0 Å². The van der Waals surface area contributed by atoms with Crippen LogP contribution >= 0.6 is 0 Å². The zero-order valence-corrected chi connectivity index (χ0v) is 10.3.